The second-order valence-corrected chi connectivity index (χ2v) is 9.79. The van der Waals surface area contributed by atoms with Gasteiger partial charge in [-0.2, -0.15) is 0 Å². The van der Waals surface area contributed by atoms with Gasteiger partial charge >= 0.3 is 0 Å². The minimum absolute atomic E-state index is 0.728. The molecule has 1 aliphatic rings. The monoisotopic (exact) mass is 304 g/mol. The lowest BCUT2D eigenvalue weighted by atomic mass is 9.99. The fourth-order valence-electron chi connectivity index (χ4n) is 3.90. The maximum atomic E-state index is 2.60. The minimum atomic E-state index is -0.762. The predicted octanol–water partition coefficient (Wildman–Crippen LogP) is 6.07. The first-order chi connectivity index (χ1) is 10.8. The highest BCUT2D eigenvalue weighted by Gasteiger charge is 2.32. The summed E-state index contributed by atoms with van der Waals surface area (Å²) in [4.78, 5) is 0. The summed E-state index contributed by atoms with van der Waals surface area (Å²) in [5.74, 6) is 0. The molecule has 0 radical (unpaired) electrons. The van der Waals surface area contributed by atoms with Crippen LogP contribution in [0.25, 0.3) is 5.57 Å². The van der Waals surface area contributed by atoms with E-state index in [1.807, 2.05) is 0 Å². The van der Waals surface area contributed by atoms with Gasteiger partial charge in [0.1, 0.15) is 0 Å². The highest BCUT2D eigenvalue weighted by atomic mass is 27.2. The zero-order chi connectivity index (χ0) is 15.4. The Morgan fingerprint density at radius 3 is 2.14 bits per heavy atom. The Balaban J connectivity index is 2.02. The fraction of sp³-hybridized carbons (Fsp3) is 0.333. The van der Waals surface area contributed by atoms with Crippen molar-refractivity contribution in [1.29, 1.82) is 0 Å². The summed E-state index contributed by atoms with van der Waals surface area (Å²) in [6.07, 6.45) is 5.27. The van der Waals surface area contributed by atoms with Crippen molar-refractivity contribution in [2.45, 2.75) is 42.0 Å². The van der Waals surface area contributed by atoms with E-state index >= 15 is 0 Å². The van der Waals surface area contributed by atoms with Crippen LogP contribution < -0.4 is 0 Å². The van der Waals surface area contributed by atoms with Crippen molar-refractivity contribution in [3.05, 3.63) is 77.4 Å². The minimum Gasteiger partial charge on any atom is -0.0935 e. The molecule has 1 unspecified atom stereocenters. The summed E-state index contributed by atoms with van der Waals surface area (Å²) < 4.78 is 0.728. The Labute approximate surface area is 139 Å². The number of rotatable bonds is 6. The van der Waals surface area contributed by atoms with E-state index in [9.17, 15) is 0 Å². The van der Waals surface area contributed by atoms with Crippen molar-refractivity contribution >= 4 is 19.7 Å². The fourth-order valence-corrected chi connectivity index (χ4v) is 7.65. The highest BCUT2D eigenvalue weighted by molar-refractivity contribution is 6.61. The SMILES string of the molecule is CC[CH2][Al]([CH2]CC)[CH]1C=C(c2ccccc2)c2ccccc21. The molecule has 1 aliphatic carbocycles. The molecule has 0 heterocycles. The first-order valence-electron chi connectivity index (χ1n) is 8.71. The summed E-state index contributed by atoms with van der Waals surface area (Å²) in [5, 5.41) is 2.93. The lowest BCUT2D eigenvalue weighted by Gasteiger charge is -2.18. The van der Waals surface area contributed by atoms with E-state index < -0.39 is 14.1 Å². The number of hydrogen-bond acceptors (Lipinski definition) is 0. The third-order valence-corrected chi connectivity index (χ3v) is 9.07. The third kappa shape index (κ3) is 3.07. The van der Waals surface area contributed by atoms with Crippen LogP contribution >= 0.6 is 0 Å². The zero-order valence-electron chi connectivity index (χ0n) is 13.8. The zero-order valence-corrected chi connectivity index (χ0v) is 14.9. The van der Waals surface area contributed by atoms with Gasteiger partial charge in [0.15, 0.2) is 0 Å². The number of allylic oxidation sites excluding steroid dienone is 1. The molecule has 2 aromatic rings. The molecule has 3 rings (SSSR count). The standard InChI is InChI=1S/C15H11.2C3H7.Al/c1-2-6-12(7-3-1)15-11-10-13-8-4-5-9-14(13)15;2*1-3-2;/h1-11H;2*1,3H2,2H3;. The van der Waals surface area contributed by atoms with Gasteiger partial charge in [0.2, 0.25) is 0 Å². The van der Waals surface area contributed by atoms with Gasteiger partial charge in [-0.1, -0.05) is 97.9 Å². The molecular formula is C21H25Al. The van der Waals surface area contributed by atoms with Gasteiger partial charge in [0, 0.05) is 0 Å². The number of hydrogen-bond donors (Lipinski definition) is 0. The molecule has 0 spiro atoms. The van der Waals surface area contributed by atoms with Crippen molar-refractivity contribution in [2.75, 3.05) is 0 Å². The quantitative estimate of drug-likeness (QED) is 0.568. The molecule has 1 heteroatoms. The van der Waals surface area contributed by atoms with Crippen molar-refractivity contribution in [1.82, 2.24) is 0 Å². The summed E-state index contributed by atoms with van der Waals surface area (Å²) in [7, 11) is 0. The molecule has 0 N–H and O–H groups in total. The van der Waals surface area contributed by atoms with E-state index in [0.717, 1.165) is 4.78 Å². The Hall–Kier alpha value is -1.29. The van der Waals surface area contributed by atoms with Gasteiger partial charge in [-0.05, 0) is 27.0 Å². The van der Waals surface area contributed by atoms with Crippen molar-refractivity contribution in [3.8, 4) is 0 Å². The lowest BCUT2D eigenvalue weighted by Crippen LogP contribution is -2.20. The second kappa shape index (κ2) is 7.32. The van der Waals surface area contributed by atoms with E-state index in [-0.39, 0.29) is 0 Å². The molecule has 0 amide bonds. The molecule has 0 bridgehead atoms. The van der Waals surface area contributed by atoms with E-state index in [1.54, 1.807) is 5.56 Å². The van der Waals surface area contributed by atoms with Crippen LogP contribution in [-0.4, -0.2) is 14.1 Å². The van der Waals surface area contributed by atoms with E-state index in [4.69, 9.17) is 0 Å². The molecule has 22 heavy (non-hydrogen) atoms. The predicted molar refractivity (Wildman–Crippen MR) is 98.7 cm³/mol. The molecule has 2 aromatic carbocycles. The van der Waals surface area contributed by atoms with Crippen molar-refractivity contribution in [2.24, 2.45) is 0 Å². The summed E-state index contributed by atoms with van der Waals surface area (Å²) >= 11 is -0.762. The van der Waals surface area contributed by atoms with Crippen molar-refractivity contribution in [3.63, 3.8) is 0 Å². The maximum Gasteiger partial charge on any atom is 0.277 e. The maximum absolute atomic E-state index is 2.60. The van der Waals surface area contributed by atoms with E-state index in [1.165, 1.54) is 40.1 Å². The van der Waals surface area contributed by atoms with Crippen molar-refractivity contribution < 1.29 is 0 Å². The van der Waals surface area contributed by atoms with E-state index in [0.29, 0.717) is 0 Å². The first-order valence-corrected chi connectivity index (χ1v) is 11.0. The molecule has 0 saturated carbocycles. The Morgan fingerprint density at radius 1 is 0.818 bits per heavy atom. The summed E-state index contributed by atoms with van der Waals surface area (Å²) in [6.45, 7) is 4.69. The van der Waals surface area contributed by atoms with Gasteiger partial charge in [-0.15, -0.1) is 0 Å². The van der Waals surface area contributed by atoms with Gasteiger partial charge < -0.3 is 0 Å². The van der Waals surface area contributed by atoms with Crippen LogP contribution in [0.2, 0.25) is 10.6 Å². The third-order valence-electron chi connectivity index (χ3n) is 4.87. The van der Waals surface area contributed by atoms with Crippen LogP contribution in [0.15, 0.2) is 60.7 Å². The van der Waals surface area contributed by atoms with Gasteiger partial charge in [-0.3, -0.25) is 0 Å². The van der Waals surface area contributed by atoms with Crippen LogP contribution in [0, 0.1) is 0 Å². The molecule has 0 saturated heterocycles. The van der Waals surface area contributed by atoms with Crippen LogP contribution in [-0.2, 0) is 0 Å². The van der Waals surface area contributed by atoms with Gasteiger partial charge in [-0.25, -0.2) is 0 Å². The molecule has 0 aromatic heterocycles. The smallest absolute Gasteiger partial charge is 0.0935 e. The molecule has 0 aliphatic heterocycles. The first kappa shape index (κ1) is 15.6. The average Bonchev–Trinajstić information content (AvgIpc) is 2.95. The highest BCUT2D eigenvalue weighted by Crippen LogP contribution is 2.42. The molecule has 112 valence electrons. The van der Waals surface area contributed by atoms with Crippen LogP contribution in [0.3, 0.4) is 0 Å². The van der Waals surface area contributed by atoms with Gasteiger partial charge in [0.05, 0.1) is 0 Å². The van der Waals surface area contributed by atoms with Crippen LogP contribution in [0.4, 0.5) is 0 Å². The topological polar surface area (TPSA) is 0 Å². The lowest BCUT2D eigenvalue weighted by molar-refractivity contribution is 0.967. The molecule has 0 nitrogen and oxygen atoms in total. The Kier molecular flexibility index (Phi) is 5.19. The second-order valence-electron chi connectivity index (χ2n) is 6.40. The van der Waals surface area contributed by atoms with Gasteiger partial charge in [0.25, 0.3) is 14.1 Å². The number of fused-ring (bicyclic) bond motifs is 1. The number of benzene rings is 2. The average molecular weight is 304 g/mol. The summed E-state index contributed by atoms with van der Waals surface area (Å²) in [5.41, 5.74) is 5.91. The molecule has 1 atom stereocenters. The molecule has 0 fully saturated rings. The normalized spacial score (nSPS) is 16.3. The van der Waals surface area contributed by atoms with Crippen LogP contribution in [0.1, 0.15) is 48.2 Å². The largest absolute Gasteiger partial charge is 0.277 e. The summed E-state index contributed by atoms with van der Waals surface area (Å²) in [6, 6.07) is 20.0. The van der Waals surface area contributed by atoms with Crippen LogP contribution in [0.5, 0.6) is 0 Å². The Morgan fingerprint density at radius 2 is 1.45 bits per heavy atom. The molecular weight excluding hydrogens is 279 g/mol. The Bertz CT molecular complexity index is 636. The van der Waals surface area contributed by atoms with E-state index in [2.05, 4.69) is 74.5 Å².